The van der Waals surface area contributed by atoms with Crippen LogP contribution in [0.25, 0.3) is 0 Å². The summed E-state index contributed by atoms with van der Waals surface area (Å²) in [6.45, 7) is 6.72. The van der Waals surface area contributed by atoms with E-state index < -0.39 is 12.1 Å². The number of aliphatic hydroxyl groups is 1. The van der Waals surface area contributed by atoms with E-state index in [4.69, 9.17) is 10.2 Å². The van der Waals surface area contributed by atoms with Crippen molar-refractivity contribution in [2.75, 3.05) is 26.2 Å². The number of hydrogen-bond donors (Lipinski definition) is 4. The highest BCUT2D eigenvalue weighted by molar-refractivity contribution is 5.71. The number of hydrogen-bond acceptors (Lipinski definition) is 4. The van der Waals surface area contributed by atoms with E-state index in [-0.39, 0.29) is 0 Å². The van der Waals surface area contributed by atoms with E-state index in [1.807, 2.05) is 0 Å². The minimum atomic E-state index is -1.16. The fourth-order valence-electron chi connectivity index (χ4n) is 1.85. The second kappa shape index (κ2) is 13.8. The molecule has 0 aliphatic carbocycles. The first-order chi connectivity index (χ1) is 9.18. The van der Waals surface area contributed by atoms with Gasteiger partial charge in [-0.15, -0.1) is 0 Å². The maximum absolute atomic E-state index is 10.2. The number of aliphatic carboxylic acids is 1. The van der Waals surface area contributed by atoms with Crippen LogP contribution in [0.3, 0.4) is 0 Å². The van der Waals surface area contributed by atoms with Gasteiger partial charge in [0.25, 0.3) is 0 Å². The Bertz CT molecular complexity index is 197. The normalized spacial score (nSPS) is 16.3. The number of unbranched alkanes of at least 4 members (excludes halogenated alkanes) is 5. The Kier molecular flexibility index (Phi) is 13.3. The Labute approximate surface area is 116 Å². The van der Waals surface area contributed by atoms with Gasteiger partial charge < -0.3 is 20.8 Å². The molecule has 0 aromatic heterocycles. The minimum Gasteiger partial charge on any atom is -0.479 e. The monoisotopic (exact) mass is 274 g/mol. The third-order valence-corrected chi connectivity index (χ3v) is 3.07. The molecule has 0 aromatic rings. The molecule has 5 heteroatoms. The van der Waals surface area contributed by atoms with E-state index in [0.29, 0.717) is 6.42 Å². The van der Waals surface area contributed by atoms with Crippen molar-refractivity contribution >= 4 is 5.97 Å². The highest BCUT2D eigenvalue weighted by atomic mass is 16.4. The van der Waals surface area contributed by atoms with Crippen molar-refractivity contribution in [3.63, 3.8) is 0 Å². The number of carboxylic acid groups (broad SMARTS) is 1. The summed E-state index contributed by atoms with van der Waals surface area (Å²) >= 11 is 0. The molecule has 0 bridgehead atoms. The first kappa shape index (κ1) is 18.4. The van der Waals surface area contributed by atoms with Crippen LogP contribution in [0.1, 0.15) is 51.9 Å². The molecular weight excluding hydrogens is 244 g/mol. The van der Waals surface area contributed by atoms with Crippen molar-refractivity contribution in [3.8, 4) is 0 Å². The molecule has 0 spiro atoms. The molecule has 1 unspecified atom stereocenters. The van der Waals surface area contributed by atoms with Gasteiger partial charge in [0, 0.05) is 26.2 Å². The molecular formula is C14H30N2O3. The highest BCUT2D eigenvalue weighted by Gasteiger charge is 2.11. The molecule has 1 aliphatic heterocycles. The van der Waals surface area contributed by atoms with Crippen LogP contribution in [0.2, 0.25) is 0 Å². The van der Waals surface area contributed by atoms with Crippen molar-refractivity contribution in [1.29, 1.82) is 0 Å². The van der Waals surface area contributed by atoms with Crippen LogP contribution in [0, 0.1) is 0 Å². The highest BCUT2D eigenvalue weighted by Crippen LogP contribution is 2.08. The fraction of sp³-hybridized carbons (Fsp3) is 0.929. The molecule has 1 saturated heterocycles. The molecule has 5 nitrogen and oxygen atoms in total. The van der Waals surface area contributed by atoms with Gasteiger partial charge in [0.2, 0.25) is 0 Å². The molecule has 1 rings (SSSR count). The number of carbonyl (C=O) groups is 1. The van der Waals surface area contributed by atoms with Gasteiger partial charge in [-0.3, -0.25) is 0 Å². The quantitative estimate of drug-likeness (QED) is 0.503. The second-order valence-corrected chi connectivity index (χ2v) is 4.91. The molecule has 4 N–H and O–H groups in total. The van der Waals surface area contributed by atoms with Gasteiger partial charge in [-0.2, -0.15) is 0 Å². The molecule has 0 saturated carbocycles. The lowest BCUT2D eigenvalue weighted by atomic mass is 10.1. The largest absolute Gasteiger partial charge is 0.479 e. The standard InChI is InChI=1S/C10H20O3.C4H10N2/c1-2-3-4-5-6-7-8-9(11)10(12)13;1-2-6-4-3-5-1/h9,11H,2-8H2,1H3,(H,12,13);5-6H,1-4H2. The van der Waals surface area contributed by atoms with E-state index in [0.717, 1.165) is 45.4 Å². The molecule has 19 heavy (non-hydrogen) atoms. The lowest BCUT2D eigenvalue weighted by Gasteiger charge is -2.11. The fourth-order valence-corrected chi connectivity index (χ4v) is 1.85. The van der Waals surface area contributed by atoms with Crippen LogP contribution in [-0.2, 0) is 4.79 Å². The third kappa shape index (κ3) is 13.6. The Hall–Kier alpha value is -0.650. The van der Waals surface area contributed by atoms with E-state index in [1.165, 1.54) is 19.3 Å². The molecule has 114 valence electrons. The Morgan fingerprint density at radius 1 is 1.00 bits per heavy atom. The van der Waals surface area contributed by atoms with Gasteiger partial charge in [0.05, 0.1) is 0 Å². The predicted octanol–water partition coefficient (Wildman–Crippen LogP) is 1.36. The summed E-state index contributed by atoms with van der Waals surface area (Å²) in [5, 5.41) is 23.7. The Morgan fingerprint density at radius 2 is 1.47 bits per heavy atom. The van der Waals surface area contributed by atoms with Crippen LogP contribution < -0.4 is 10.6 Å². The smallest absolute Gasteiger partial charge is 0.332 e. The topological polar surface area (TPSA) is 81.6 Å². The maximum Gasteiger partial charge on any atom is 0.332 e. The van der Waals surface area contributed by atoms with Gasteiger partial charge >= 0.3 is 5.97 Å². The van der Waals surface area contributed by atoms with Gasteiger partial charge in [-0.25, -0.2) is 4.79 Å². The average Bonchev–Trinajstić information content (AvgIpc) is 2.45. The second-order valence-electron chi connectivity index (χ2n) is 4.91. The summed E-state index contributed by atoms with van der Waals surface area (Å²) < 4.78 is 0. The molecule has 1 fully saturated rings. The average molecular weight is 274 g/mol. The van der Waals surface area contributed by atoms with Crippen LogP contribution >= 0.6 is 0 Å². The van der Waals surface area contributed by atoms with Gasteiger partial charge in [-0.1, -0.05) is 45.4 Å². The summed E-state index contributed by atoms with van der Waals surface area (Å²) in [4.78, 5) is 10.2. The van der Waals surface area contributed by atoms with Crippen molar-refractivity contribution in [2.45, 2.75) is 58.0 Å². The lowest BCUT2D eigenvalue weighted by molar-refractivity contribution is -0.146. The zero-order valence-electron chi connectivity index (χ0n) is 12.2. The molecule has 0 aromatic carbocycles. The number of piperazine rings is 1. The number of aliphatic hydroxyl groups excluding tert-OH is 1. The first-order valence-electron chi connectivity index (χ1n) is 7.50. The molecule has 0 amide bonds. The van der Waals surface area contributed by atoms with Gasteiger partial charge in [-0.05, 0) is 6.42 Å². The van der Waals surface area contributed by atoms with Crippen molar-refractivity contribution < 1.29 is 15.0 Å². The van der Waals surface area contributed by atoms with Gasteiger partial charge in [0.15, 0.2) is 6.10 Å². The molecule has 0 radical (unpaired) electrons. The number of rotatable bonds is 8. The van der Waals surface area contributed by atoms with E-state index in [9.17, 15) is 4.79 Å². The zero-order chi connectivity index (χ0) is 14.3. The van der Waals surface area contributed by atoms with Gasteiger partial charge in [0.1, 0.15) is 0 Å². The van der Waals surface area contributed by atoms with Crippen LogP contribution in [0.4, 0.5) is 0 Å². The van der Waals surface area contributed by atoms with Crippen molar-refractivity contribution in [2.24, 2.45) is 0 Å². The first-order valence-corrected chi connectivity index (χ1v) is 7.50. The van der Waals surface area contributed by atoms with E-state index in [1.54, 1.807) is 0 Å². The third-order valence-electron chi connectivity index (χ3n) is 3.07. The lowest BCUT2D eigenvalue weighted by Crippen LogP contribution is -2.39. The van der Waals surface area contributed by atoms with Crippen molar-refractivity contribution in [3.05, 3.63) is 0 Å². The van der Waals surface area contributed by atoms with Crippen LogP contribution in [-0.4, -0.2) is 48.5 Å². The summed E-state index contributed by atoms with van der Waals surface area (Å²) in [5.74, 6) is -1.10. The molecule has 1 aliphatic rings. The summed E-state index contributed by atoms with van der Waals surface area (Å²) in [5.41, 5.74) is 0. The van der Waals surface area contributed by atoms with Crippen LogP contribution in [0.15, 0.2) is 0 Å². The number of nitrogens with one attached hydrogen (secondary N) is 2. The maximum atomic E-state index is 10.2. The predicted molar refractivity (Wildman–Crippen MR) is 77.4 cm³/mol. The van der Waals surface area contributed by atoms with Crippen LogP contribution in [0.5, 0.6) is 0 Å². The summed E-state index contributed by atoms with van der Waals surface area (Å²) in [6, 6.07) is 0. The summed E-state index contributed by atoms with van der Waals surface area (Å²) in [6.07, 6.45) is 5.92. The molecule has 1 heterocycles. The summed E-state index contributed by atoms with van der Waals surface area (Å²) in [7, 11) is 0. The Morgan fingerprint density at radius 3 is 1.89 bits per heavy atom. The number of carboxylic acids is 1. The molecule has 1 atom stereocenters. The zero-order valence-corrected chi connectivity index (χ0v) is 12.2. The SMILES string of the molecule is C1CNCCN1.CCCCCCCCC(O)C(=O)O. The van der Waals surface area contributed by atoms with E-state index >= 15 is 0 Å². The Balaban J connectivity index is 0.000000443. The minimum absolute atomic E-state index is 0.390. The van der Waals surface area contributed by atoms with Crippen molar-refractivity contribution in [1.82, 2.24) is 10.6 Å². The van der Waals surface area contributed by atoms with E-state index in [2.05, 4.69) is 17.6 Å².